The average molecular weight is 479 g/mol. The standard InChI is InChI=1S/C25H33F3N4O2/c26-25(27,28)15-16-1-3-19(4-2-16)24(33)32-11-6-17(7-12-32)20-5-10-29-23-21(20)30-22(31-23)18-8-13-34-14-9-18/h5,10,16-19H,1-4,6-9,11-15H2,(H,29,30,31)/t16-,19+. The van der Waals surface area contributed by atoms with Gasteiger partial charge in [-0.25, -0.2) is 9.97 Å². The van der Waals surface area contributed by atoms with Crippen LogP contribution in [0.4, 0.5) is 13.2 Å². The van der Waals surface area contributed by atoms with Crippen molar-refractivity contribution in [3.8, 4) is 0 Å². The SMILES string of the molecule is O=C([C@H]1CC[C@@H](CC(F)(F)F)CC1)N1CCC(c2ccnc3[nH]c(C4CCOCC4)nc23)CC1. The molecule has 0 atom stereocenters. The van der Waals surface area contributed by atoms with Crippen molar-refractivity contribution >= 4 is 17.1 Å². The van der Waals surface area contributed by atoms with Crippen molar-refractivity contribution in [2.24, 2.45) is 11.8 Å². The van der Waals surface area contributed by atoms with Gasteiger partial charge < -0.3 is 14.6 Å². The fraction of sp³-hybridized carbons (Fsp3) is 0.720. The van der Waals surface area contributed by atoms with E-state index < -0.39 is 12.6 Å². The van der Waals surface area contributed by atoms with Gasteiger partial charge in [0.25, 0.3) is 0 Å². The largest absolute Gasteiger partial charge is 0.389 e. The molecule has 3 fully saturated rings. The van der Waals surface area contributed by atoms with Crippen molar-refractivity contribution in [3.05, 3.63) is 23.7 Å². The van der Waals surface area contributed by atoms with E-state index in [0.29, 0.717) is 50.6 Å². The van der Waals surface area contributed by atoms with E-state index in [-0.39, 0.29) is 17.7 Å². The van der Waals surface area contributed by atoms with Crippen molar-refractivity contribution in [3.63, 3.8) is 0 Å². The zero-order chi connectivity index (χ0) is 23.7. The molecule has 0 radical (unpaired) electrons. The quantitative estimate of drug-likeness (QED) is 0.646. The lowest BCUT2D eigenvalue weighted by Crippen LogP contribution is -2.42. The lowest BCUT2D eigenvalue weighted by Gasteiger charge is -2.36. The highest BCUT2D eigenvalue weighted by atomic mass is 19.4. The molecule has 2 aliphatic heterocycles. The van der Waals surface area contributed by atoms with E-state index in [4.69, 9.17) is 9.72 Å². The second-order valence-electron chi connectivity index (χ2n) is 10.2. The van der Waals surface area contributed by atoms with Crippen molar-refractivity contribution < 1.29 is 22.7 Å². The topological polar surface area (TPSA) is 71.1 Å². The van der Waals surface area contributed by atoms with Crippen LogP contribution in [-0.4, -0.2) is 58.2 Å². The molecule has 3 aliphatic rings. The van der Waals surface area contributed by atoms with Gasteiger partial charge in [0.2, 0.25) is 5.91 Å². The van der Waals surface area contributed by atoms with Gasteiger partial charge in [-0.1, -0.05) is 0 Å². The Morgan fingerprint density at radius 3 is 2.41 bits per heavy atom. The third kappa shape index (κ3) is 5.24. The van der Waals surface area contributed by atoms with Crippen molar-refractivity contribution in [1.82, 2.24) is 19.9 Å². The molecule has 6 nitrogen and oxygen atoms in total. The Balaban J connectivity index is 1.18. The van der Waals surface area contributed by atoms with Crippen LogP contribution in [-0.2, 0) is 9.53 Å². The number of amides is 1. The molecular formula is C25H33F3N4O2. The Labute approximate surface area is 197 Å². The van der Waals surface area contributed by atoms with Crippen LogP contribution in [0.15, 0.2) is 12.3 Å². The molecule has 1 amide bonds. The molecule has 0 aromatic carbocycles. The Kier molecular flexibility index (Phi) is 6.82. The number of H-pyrrole nitrogens is 1. The number of alkyl halides is 3. The number of aromatic nitrogens is 3. The van der Waals surface area contributed by atoms with Crippen molar-refractivity contribution in [1.29, 1.82) is 0 Å². The number of ether oxygens (including phenoxy) is 1. The number of nitrogens with zero attached hydrogens (tertiary/aromatic N) is 3. The van der Waals surface area contributed by atoms with Crippen LogP contribution in [0.1, 0.15) is 81.0 Å². The molecule has 1 N–H and O–H groups in total. The van der Waals surface area contributed by atoms with Gasteiger partial charge in [-0.2, -0.15) is 13.2 Å². The minimum absolute atomic E-state index is 0.123. The number of carbonyl (C=O) groups is 1. The summed E-state index contributed by atoms with van der Waals surface area (Å²) in [6.45, 7) is 2.90. The summed E-state index contributed by atoms with van der Waals surface area (Å²) in [6.07, 6.45) is 2.82. The van der Waals surface area contributed by atoms with Gasteiger partial charge in [0.1, 0.15) is 11.3 Å². The highest BCUT2D eigenvalue weighted by Gasteiger charge is 2.37. The summed E-state index contributed by atoms with van der Waals surface area (Å²) in [4.78, 5) is 27.8. The first-order valence-corrected chi connectivity index (χ1v) is 12.6. The fourth-order valence-electron chi connectivity index (χ4n) is 6.05. The van der Waals surface area contributed by atoms with E-state index in [1.54, 1.807) is 0 Å². The Hall–Kier alpha value is -2.16. The molecule has 1 saturated carbocycles. The zero-order valence-corrected chi connectivity index (χ0v) is 19.4. The zero-order valence-electron chi connectivity index (χ0n) is 19.4. The summed E-state index contributed by atoms with van der Waals surface area (Å²) in [5, 5.41) is 0. The van der Waals surface area contributed by atoms with Crippen LogP contribution in [0.25, 0.3) is 11.2 Å². The van der Waals surface area contributed by atoms with Gasteiger partial charge in [0, 0.05) is 50.8 Å². The summed E-state index contributed by atoms with van der Waals surface area (Å²) < 4.78 is 43.5. The number of carbonyl (C=O) groups excluding carboxylic acids is 1. The van der Waals surface area contributed by atoms with Gasteiger partial charge in [-0.05, 0) is 74.8 Å². The summed E-state index contributed by atoms with van der Waals surface area (Å²) in [7, 11) is 0. The number of aromatic amines is 1. The van der Waals surface area contributed by atoms with Gasteiger partial charge in [-0.15, -0.1) is 0 Å². The number of hydrogen-bond donors (Lipinski definition) is 1. The monoisotopic (exact) mass is 478 g/mol. The molecule has 1 aliphatic carbocycles. The maximum absolute atomic E-state index is 13.0. The van der Waals surface area contributed by atoms with Gasteiger partial charge in [-0.3, -0.25) is 4.79 Å². The van der Waals surface area contributed by atoms with E-state index in [1.165, 1.54) is 5.56 Å². The molecule has 186 valence electrons. The predicted molar refractivity (Wildman–Crippen MR) is 121 cm³/mol. The Bertz CT molecular complexity index is 986. The smallest absolute Gasteiger partial charge is 0.381 e. The molecule has 2 saturated heterocycles. The normalized spacial score (nSPS) is 25.7. The molecule has 34 heavy (non-hydrogen) atoms. The van der Waals surface area contributed by atoms with Crippen molar-refractivity contribution in [2.45, 2.75) is 75.8 Å². The number of halogens is 3. The summed E-state index contributed by atoms with van der Waals surface area (Å²) in [5.41, 5.74) is 2.96. The Morgan fingerprint density at radius 1 is 1.03 bits per heavy atom. The van der Waals surface area contributed by atoms with Gasteiger partial charge in [0.15, 0.2) is 5.65 Å². The highest BCUT2D eigenvalue weighted by molar-refractivity contribution is 5.79. The van der Waals surface area contributed by atoms with E-state index in [2.05, 4.69) is 16.0 Å². The number of piperidine rings is 1. The van der Waals surface area contributed by atoms with Crippen LogP contribution < -0.4 is 0 Å². The third-order valence-corrected chi connectivity index (χ3v) is 8.00. The highest BCUT2D eigenvalue weighted by Crippen LogP contribution is 2.38. The molecule has 0 bridgehead atoms. The van der Waals surface area contributed by atoms with E-state index in [0.717, 1.165) is 55.9 Å². The number of likely N-dealkylation sites (tertiary alicyclic amines) is 1. The van der Waals surface area contributed by atoms with Crippen LogP contribution in [0.5, 0.6) is 0 Å². The predicted octanol–water partition coefficient (Wildman–Crippen LogP) is 5.32. The first kappa shape index (κ1) is 23.6. The van der Waals surface area contributed by atoms with Crippen LogP contribution in [0.3, 0.4) is 0 Å². The van der Waals surface area contributed by atoms with Gasteiger partial charge >= 0.3 is 6.18 Å². The minimum Gasteiger partial charge on any atom is -0.381 e. The summed E-state index contributed by atoms with van der Waals surface area (Å²) in [6, 6.07) is 2.06. The average Bonchev–Trinajstić information content (AvgIpc) is 3.28. The molecule has 0 unspecified atom stereocenters. The first-order valence-electron chi connectivity index (χ1n) is 12.6. The number of nitrogens with one attached hydrogen (secondary N) is 1. The molecule has 0 spiro atoms. The fourth-order valence-corrected chi connectivity index (χ4v) is 6.05. The maximum Gasteiger partial charge on any atom is 0.389 e. The molecule has 9 heteroatoms. The second kappa shape index (κ2) is 9.84. The van der Waals surface area contributed by atoms with E-state index in [9.17, 15) is 18.0 Å². The lowest BCUT2D eigenvalue weighted by molar-refractivity contribution is -0.149. The second-order valence-corrected chi connectivity index (χ2v) is 10.2. The number of imidazole rings is 1. The molecule has 4 heterocycles. The number of hydrogen-bond acceptors (Lipinski definition) is 4. The number of pyridine rings is 1. The molecule has 2 aromatic heterocycles. The lowest BCUT2D eigenvalue weighted by atomic mass is 9.79. The molecule has 2 aromatic rings. The van der Waals surface area contributed by atoms with E-state index >= 15 is 0 Å². The summed E-state index contributed by atoms with van der Waals surface area (Å²) >= 11 is 0. The molecular weight excluding hydrogens is 445 g/mol. The van der Waals surface area contributed by atoms with Crippen molar-refractivity contribution in [2.75, 3.05) is 26.3 Å². The number of fused-ring (bicyclic) bond motifs is 1. The van der Waals surface area contributed by atoms with Crippen LogP contribution in [0.2, 0.25) is 0 Å². The van der Waals surface area contributed by atoms with Gasteiger partial charge in [0.05, 0.1) is 0 Å². The van der Waals surface area contributed by atoms with Crippen LogP contribution >= 0.6 is 0 Å². The first-order chi connectivity index (χ1) is 16.4. The van der Waals surface area contributed by atoms with Crippen LogP contribution in [0, 0.1) is 11.8 Å². The third-order valence-electron chi connectivity index (χ3n) is 8.00. The Morgan fingerprint density at radius 2 is 1.74 bits per heavy atom. The minimum atomic E-state index is -4.11. The number of rotatable bonds is 4. The summed E-state index contributed by atoms with van der Waals surface area (Å²) in [5.74, 6) is 1.37. The molecule has 5 rings (SSSR count). The maximum atomic E-state index is 13.0. The van der Waals surface area contributed by atoms with E-state index in [1.807, 2.05) is 11.1 Å².